The van der Waals surface area contributed by atoms with Gasteiger partial charge in [0.1, 0.15) is 4.60 Å². The summed E-state index contributed by atoms with van der Waals surface area (Å²) in [6.45, 7) is 0. The first-order valence-electron chi connectivity index (χ1n) is 3.65. The molecule has 0 aromatic carbocycles. The number of rotatable bonds is 0. The lowest BCUT2D eigenvalue weighted by atomic mass is 10.3. The van der Waals surface area contributed by atoms with Crippen molar-refractivity contribution in [3.63, 3.8) is 0 Å². The van der Waals surface area contributed by atoms with Gasteiger partial charge in [0.25, 0.3) is 0 Å². The molecule has 54 valence electrons. The van der Waals surface area contributed by atoms with E-state index in [1.807, 2.05) is 12.1 Å². The summed E-state index contributed by atoms with van der Waals surface area (Å²) in [5.74, 6) is 0. The highest BCUT2D eigenvalue weighted by molar-refractivity contribution is 9.10. The molecule has 0 atom stereocenters. The van der Waals surface area contributed by atoms with Crippen LogP contribution in [0.15, 0.2) is 35.0 Å². The molecule has 0 aliphatic rings. The van der Waals surface area contributed by atoms with Gasteiger partial charge >= 0.3 is 0 Å². The predicted molar refractivity (Wildman–Crippen MR) is 47.2 cm³/mol. The minimum absolute atomic E-state index is 0.270. The molecule has 0 unspecified atom stereocenters. The molecule has 2 nitrogen and oxygen atoms in total. The van der Waals surface area contributed by atoms with E-state index >= 15 is 0 Å². The van der Waals surface area contributed by atoms with Gasteiger partial charge < -0.3 is 0 Å². The van der Waals surface area contributed by atoms with E-state index in [2.05, 4.69) is 25.9 Å². The fourth-order valence-electron chi connectivity index (χ4n) is 0.883. The largest absolute Gasteiger partial charge is 0.255 e. The van der Waals surface area contributed by atoms with Crippen LogP contribution >= 0.6 is 15.9 Å². The molecule has 11 heavy (non-hydrogen) atoms. The van der Waals surface area contributed by atoms with E-state index in [9.17, 15) is 0 Å². The van der Waals surface area contributed by atoms with Gasteiger partial charge in [0.05, 0.1) is 12.4 Å². The van der Waals surface area contributed by atoms with Gasteiger partial charge in [-0.15, -0.1) is 0 Å². The Balaban J connectivity index is 2.79. The molecular weight excluding hydrogens is 204 g/mol. The molecule has 0 N–H and O–H groups in total. The quantitative estimate of drug-likeness (QED) is 0.624. The van der Waals surface area contributed by atoms with Crippen LogP contribution in [-0.4, -0.2) is 9.97 Å². The molecule has 0 bridgehead atoms. The molecule has 2 rings (SSSR count). The Morgan fingerprint density at radius 3 is 3.09 bits per heavy atom. The van der Waals surface area contributed by atoms with Crippen molar-refractivity contribution in [1.82, 2.24) is 9.97 Å². The van der Waals surface area contributed by atoms with Gasteiger partial charge in [-0.2, -0.15) is 0 Å². The van der Waals surface area contributed by atoms with Crippen molar-refractivity contribution in [1.29, 1.82) is 0 Å². The van der Waals surface area contributed by atoms with Crippen LogP contribution in [0.3, 0.4) is 0 Å². The zero-order valence-corrected chi connectivity index (χ0v) is 7.17. The Morgan fingerprint density at radius 2 is 2.18 bits per heavy atom. The van der Waals surface area contributed by atoms with Crippen LogP contribution in [0.25, 0.3) is 11.0 Å². The van der Waals surface area contributed by atoms with Gasteiger partial charge in [0.15, 0.2) is 0 Å². The fraction of sp³-hybridized carbons (Fsp3) is 0. The van der Waals surface area contributed by atoms with Crippen molar-refractivity contribution in [2.75, 3.05) is 0 Å². The number of nitrogens with zero attached hydrogens (tertiary/aromatic N) is 2. The summed E-state index contributed by atoms with van der Waals surface area (Å²) >= 11 is 3.27. The lowest BCUT2D eigenvalue weighted by molar-refractivity contribution is 1.30. The van der Waals surface area contributed by atoms with Crippen molar-refractivity contribution in [2.45, 2.75) is 0 Å². The van der Waals surface area contributed by atoms with Gasteiger partial charge in [0.2, 0.25) is 0 Å². The van der Waals surface area contributed by atoms with E-state index in [4.69, 9.17) is 1.37 Å². The van der Waals surface area contributed by atoms with E-state index in [0.29, 0.717) is 0 Å². The minimum Gasteiger partial charge on any atom is -0.255 e. The van der Waals surface area contributed by atoms with Crippen LogP contribution in [0.5, 0.6) is 0 Å². The number of hydrogen-bond acceptors (Lipinski definition) is 2. The normalized spacial score (nSPS) is 11.5. The van der Waals surface area contributed by atoms with E-state index in [-0.39, 0.29) is 6.17 Å². The highest BCUT2D eigenvalue weighted by atomic mass is 79.9. The summed E-state index contributed by atoms with van der Waals surface area (Å²) in [5.41, 5.74) is 1.56. The highest BCUT2D eigenvalue weighted by Crippen LogP contribution is 2.12. The molecule has 0 radical (unpaired) electrons. The molecular formula is C8H5BrN2. The van der Waals surface area contributed by atoms with Crippen molar-refractivity contribution >= 4 is 27.0 Å². The molecule has 0 aliphatic carbocycles. The van der Waals surface area contributed by atoms with Crippen LogP contribution in [0.2, 0.25) is 0 Å². The SMILES string of the molecule is [2H]c1ccc2nc(Br)ccc2n1. The molecule has 0 fully saturated rings. The van der Waals surface area contributed by atoms with Gasteiger partial charge in [0, 0.05) is 6.17 Å². The fourth-order valence-corrected chi connectivity index (χ4v) is 1.21. The minimum atomic E-state index is 0.270. The summed E-state index contributed by atoms with van der Waals surface area (Å²) in [4.78, 5) is 8.19. The maximum absolute atomic E-state index is 7.28. The number of halogens is 1. The molecule has 0 saturated heterocycles. The Hall–Kier alpha value is -0.960. The first-order chi connectivity index (χ1) is 5.75. The van der Waals surface area contributed by atoms with Crippen molar-refractivity contribution in [2.24, 2.45) is 0 Å². The third-order valence-corrected chi connectivity index (χ3v) is 1.81. The molecule has 0 aliphatic heterocycles. The standard InChI is InChI=1S/C8H5BrN2/c9-8-4-3-6-7(11-8)2-1-5-10-6/h1-5H/i5D. The maximum atomic E-state index is 7.28. The summed E-state index contributed by atoms with van der Waals surface area (Å²) in [7, 11) is 0. The third-order valence-electron chi connectivity index (χ3n) is 1.37. The maximum Gasteiger partial charge on any atom is 0.106 e. The Kier molecular flexibility index (Phi) is 1.33. The van der Waals surface area contributed by atoms with Crippen LogP contribution in [0.1, 0.15) is 1.37 Å². The monoisotopic (exact) mass is 209 g/mol. The first-order valence-corrected chi connectivity index (χ1v) is 3.95. The van der Waals surface area contributed by atoms with Crippen LogP contribution in [-0.2, 0) is 0 Å². The van der Waals surface area contributed by atoms with E-state index < -0.39 is 0 Å². The zero-order valence-electron chi connectivity index (χ0n) is 6.58. The summed E-state index contributed by atoms with van der Waals surface area (Å²) in [6.07, 6.45) is 0.270. The highest BCUT2D eigenvalue weighted by Gasteiger charge is 1.93. The summed E-state index contributed by atoms with van der Waals surface area (Å²) in [6, 6.07) is 7.07. The number of hydrogen-bond donors (Lipinski definition) is 0. The summed E-state index contributed by atoms with van der Waals surface area (Å²) in [5, 5.41) is 0. The van der Waals surface area contributed by atoms with Crippen LogP contribution < -0.4 is 0 Å². The molecule has 3 heteroatoms. The smallest absolute Gasteiger partial charge is 0.106 e. The second-order valence-electron chi connectivity index (χ2n) is 2.11. The second kappa shape index (κ2) is 2.58. The molecule has 0 spiro atoms. The van der Waals surface area contributed by atoms with Gasteiger partial charge in [-0.3, -0.25) is 4.98 Å². The molecule has 2 aromatic heterocycles. The number of pyridine rings is 2. The Labute approximate surface area is 73.8 Å². The topological polar surface area (TPSA) is 25.8 Å². The molecule has 0 saturated carbocycles. The molecule has 2 aromatic rings. The third kappa shape index (κ3) is 1.24. The van der Waals surface area contributed by atoms with Gasteiger partial charge in [-0.25, -0.2) is 4.98 Å². The van der Waals surface area contributed by atoms with E-state index in [0.717, 1.165) is 15.6 Å². The molecule has 0 amide bonds. The van der Waals surface area contributed by atoms with E-state index in [1.54, 1.807) is 12.1 Å². The average Bonchev–Trinajstić information content (AvgIpc) is 2.05. The lowest BCUT2D eigenvalue weighted by Crippen LogP contribution is -1.81. The second-order valence-corrected chi connectivity index (χ2v) is 2.93. The van der Waals surface area contributed by atoms with Crippen LogP contribution in [0.4, 0.5) is 0 Å². The van der Waals surface area contributed by atoms with Crippen molar-refractivity contribution in [3.05, 3.63) is 35.0 Å². The van der Waals surface area contributed by atoms with Gasteiger partial charge in [-0.05, 0) is 40.2 Å². The predicted octanol–water partition coefficient (Wildman–Crippen LogP) is 2.39. The number of fused-ring (bicyclic) bond motifs is 1. The van der Waals surface area contributed by atoms with Crippen LogP contribution in [0, 0.1) is 0 Å². The van der Waals surface area contributed by atoms with E-state index in [1.165, 1.54) is 0 Å². The zero-order chi connectivity index (χ0) is 8.55. The van der Waals surface area contributed by atoms with Gasteiger partial charge in [-0.1, -0.05) is 0 Å². The van der Waals surface area contributed by atoms with Crippen molar-refractivity contribution < 1.29 is 1.37 Å². The lowest BCUT2D eigenvalue weighted by Gasteiger charge is -1.94. The molecule has 2 heterocycles. The number of aromatic nitrogens is 2. The Morgan fingerprint density at radius 1 is 1.27 bits per heavy atom. The van der Waals surface area contributed by atoms with Crippen molar-refractivity contribution in [3.8, 4) is 0 Å². The Bertz CT molecular complexity index is 389. The summed E-state index contributed by atoms with van der Waals surface area (Å²) < 4.78 is 8.07. The average molecular weight is 210 g/mol. The first kappa shape index (κ1) is 5.66.